The minimum atomic E-state index is -3.80. The third kappa shape index (κ3) is 2.29. The van der Waals surface area contributed by atoms with E-state index in [2.05, 4.69) is 0 Å². The van der Waals surface area contributed by atoms with Gasteiger partial charge in [-0.3, -0.25) is 0 Å². The molecule has 0 saturated carbocycles. The summed E-state index contributed by atoms with van der Waals surface area (Å²) in [7, 11) is -3.80. The molecule has 0 saturated heterocycles. The number of hydrogen-bond donors (Lipinski definition) is 2. The summed E-state index contributed by atoms with van der Waals surface area (Å²) < 4.78 is 25.0. The molecule has 0 amide bonds. The van der Waals surface area contributed by atoms with Crippen LogP contribution < -0.4 is 0 Å². The van der Waals surface area contributed by atoms with Crippen LogP contribution in [-0.2, 0) is 9.84 Å². The first kappa shape index (κ1) is 13.4. The van der Waals surface area contributed by atoms with Gasteiger partial charge < -0.3 is 10.2 Å². The number of phenols is 2. The smallest absolute Gasteiger partial charge is 0.210 e. The van der Waals surface area contributed by atoms with Crippen molar-refractivity contribution in [3.8, 4) is 11.5 Å². The van der Waals surface area contributed by atoms with Gasteiger partial charge in [-0.15, -0.1) is 0 Å². The predicted octanol–water partition coefficient (Wildman–Crippen LogP) is 2.55. The molecule has 5 heteroatoms. The van der Waals surface area contributed by atoms with Crippen LogP contribution >= 0.6 is 0 Å². The first-order valence-electron chi connectivity index (χ1n) is 5.67. The van der Waals surface area contributed by atoms with Gasteiger partial charge in [-0.25, -0.2) is 8.42 Å². The van der Waals surface area contributed by atoms with Crippen molar-refractivity contribution in [3.63, 3.8) is 0 Å². The van der Waals surface area contributed by atoms with Crippen LogP contribution in [0.4, 0.5) is 0 Å². The van der Waals surface area contributed by atoms with Crippen LogP contribution in [0.25, 0.3) is 0 Å². The fourth-order valence-electron chi connectivity index (χ4n) is 1.86. The first-order valence-corrected chi connectivity index (χ1v) is 7.15. The molecule has 2 rings (SSSR count). The average Bonchev–Trinajstić information content (AvgIpc) is 2.34. The summed E-state index contributed by atoms with van der Waals surface area (Å²) in [5.41, 5.74) is 1.31. The van der Waals surface area contributed by atoms with E-state index < -0.39 is 9.84 Å². The van der Waals surface area contributed by atoms with E-state index in [9.17, 15) is 18.6 Å². The zero-order valence-corrected chi connectivity index (χ0v) is 11.4. The highest BCUT2D eigenvalue weighted by Gasteiger charge is 2.24. The maximum absolute atomic E-state index is 12.5. The Morgan fingerprint density at radius 2 is 1.47 bits per heavy atom. The van der Waals surface area contributed by atoms with E-state index in [1.165, 1.54) is 30.3 Å². The molecule has 19 heavy (non-hydrogen) atoms. The standard InChI is InChI=1S/C14H14O4S/c1-9-3-8-13(16)14(10(9)2)19(17,18)12-6-4-11(15)5-7-12/h3-8,15-16H,1-2H3. The molecule has 0 fully saturated rings. The normalized spacial score (nSPS) is 11.5. The quantitative estimate of drug-likeness (QED) is 0.885. The molecule has 0 aromatic heterocycles. The highest BCUT2D eigenvalue weighted by Crippen LogP contribution is 2.33. The topological polar surface area (TPSA) is 74.6 Å². The summed E-state index contributed by atoms with van der Waals surface area (Å²) >= 11 is 0. The van der Waals surface area contributed by atoms with Crippen molar-refractivity contribution < 1.29 is 18.6 Å². The number of hydrogen-bond acceptors (Lipinski definition) is 4. The van der Waals surface area contributed by atoms with Crippen molar-refractivity contribution in [3.05, 3.63) is 47.5 Å². The van der Waals surface area contributed by atoms with E-state index in [0.717, 1.165) is 5.56 Å². The van der Waals surface area contributed by atoms with E-state index in [1.807, 2.05) is 0 Å². The van der Waals surface area contributed by atoms with Crippen molar-refractivity contribution in [2.75, 3.05) is 0 Å². The van der Waals surface area contributed by atoms with Crippen LogP contribution in [0.2, 0.25) is 0 Å². The number of rotatable bonds is 2. The lowest BCUT2D eigenvalue weighted by Gasteiger charge is -2.12. The SMILES string of the molecule is Cc1ccc(O)c(S(=O)(=O)c2ccc(O)cc2)c1C. The van der Waals surface area contributed by atoms with E-state index in [0.29, 0.717) is 5.56 Å². The summed E-state index contributed by atoms with van der Waals surface area (Å²) in [5.74, 6) is -0.277. The van der Waals surface area contributed by atoms with E-state index >= 15 is 0 Å². The minimum Gasteiger partial charge on any atom is -0.508 e. The van der Waals surface area contributed by atoms with Crippen molar-refractivity contribution in [1.29, 1.82) is 0 Å². The molecule has 2 aromatic rings. The van der Waals surface area contributed by atoms with Gasteiger partial charge in [0.2, 0.25) is 9.84 Å². The van der Waals surface area contributed by atoms with Crippen molar-refractivity contribution >= 4 is 9.84 Å². The highest BCUT2D eigenvalue weighted by atomic mass is 32.2. The van der Waals surface area contributed by atoms with E-state index in [1.54, 1.807) is 19.9 Å². The summed E-state index contributed by atoms with van der Waals surface area (Å²) in [6.07, 6.45) is 0. The number of aryl methyl sites for hydroxylation is 1. The van der Waals surface area contributed by atoms with Crippen LogP contribution in [0.15, 0.2) is 46.2 Å². The molecule has 2 N–H and O–H groups in total. The van der Waals surface area contributed by atoms with Gasteiger partial charge in [0.1, 0.15) is 16.4 Å². The molecule has 0 spiro atoms. The van der Waals surface area contributed by atoms with Crippen molar-refractivity contribution in [2.45, 2.75) is 23.6 Å². The second-order valence-electron chi connectivity index (χ2n) is 4.35. The molecule has 2 aromatic carbocycles. The molecule has 0 heterocycles. The van der Waals surface area contributed by atoms with Gasteiger partial charge in [0.15, 0.2) is 0 Å². The Balaban J connectivity index is 2.70. The Morgan fingerprint density at radius 1 is 0.895 bits per heavy atom. The summed E-state index contributed by atoms with van der Waals surface area (Å²) in [6.45, 7) is 3.44. The predicted molar refractivity (Wildman–Crippen MR) is 71.1 cm³/mol. The second-order valence-corrected chi connectivity index (χ2v) is 6.24. The summed E-state index contributed by atoms with van der Waals surface area (Å²) in [4.78, 5) is -0.0486. The zero-order chi connectivity index (χ0) is 14.2. The van der Waals surface area contributed by atoms with Crippen LogP contribution in [0.1, 0.15) is 11.1 Å². The van der Waals surface area contributed by atoms with Crippen LogP contribution in [0.5, 0.6) is 11.5 Å². The molecule has 100 valence electrons. The third-order valence-corrected chi connectivity index (χ3v) is 5.02. The number of sulfone groups is 1. The molecular weight excluding hydrogens is 264 g/mol. The van der Waals surface area contributed by atoms with Gasteiger partial charge in [-0.1, -0.05) is 6.07 Å². The molecule has 4 nitrogen and oxygen atoms in total. The number of phenolic OH excluding ortho intramolecular Hbond substituents is 2. The Kier molecular flexibility index (Phi) is 3.24. The maximum Gasteiger partial charge on any atom is 0.210 e. The lowest BCUT2D eigenvalue weighted by atomic mass is 10.1. The van der Waals surface area contributed by atoms with E-state index in [-0.39, 0.29) is 21.3 Å². The molecule has 0 aliphatic carbocycles. The fraction of sp³-hybridized carbons (Fsp3) is 0.143. The average molecular weight is 278 g/mol. The largest absolute Gasteiger partial charge is 0.508 e. The molecular formula is C14H14O4S. The Labute approximate surface area is 111 Å². The molecule has 0 radical (unpaired) electrons. The van der Waals surface area contributed by atoms with Crippen molar-refractivity contribution in [2.24, 2.45) is 0 Å². The molecule has 0 atom stereocenters. The molecule has 0 unspecified atom stereocenters. The number of benzene rings is 2. The number of aromatic hydroxyl groups is 2. The fourth-order valence-corrected chi connectivity index (χ4v) is 3.50. The summed E-state index contributed by atoms with van der Waals surface area (Å²) in [5, 5.41) is 19.0. The van der Waals surface area contributed by atoms with Gasteiger partial charge in [0, 0.05) is 0 Å². The van der Waals surface area contributed by atoms with Crippen LogP contribution in [-0.4, -0.2) is 18.6 Å². The van der Waals surface area contributed by atoms with Gasteiger partial charge in [-0.2, -0.15) is 0 Å². The summed E-state index contributed by atoms with van der Waals surface area (Å²) in [6, 6.07) is 8.26. The Bertz CT molecular complexity index is 716. The molecule has 0 aliphatic rings. The van der Waals surface area contributed by atoms with Gasteiger partial charge >= 0.3 is 0 Å². The Hall–Kier alpha value is -2.01. The monoisotopic (exact) mass is 278 g/mol. The van der Waals surface area contributed by atoms with E-state index in [4.69, 9.17) is 0 Å². The minimum absolute atomic E-state index is 0.0101. The first-order chi connectivity index (χ1) is 8.84. The third-order valence-electron chi connectivity index (χ3n) is 3.07. The highest BCUT2D eigenvalue weighted by molar-refractivity contribution is 7.91. The van der Waals surface area contributed by atoms with Crippen LogP contribution in [0, 0.1) is 13.8 Å². The van der Waals surface area contributed by atoms with Gasteiger partial charge in [-0.05, 0) is 55.3 Å². The zero-order valence-electron chi connectivity index (χ0n) is 10.6. The lowest BCUT2D eigenvalue weighted by molar-refractivity contribution is 0.457. The maximum atomic E-state index is 12.5. The Morgan fingerprint density at radius 3 is 2.05 bits per heavy atom. The molecule has 0 aliphatic heterocycles. The van der Waals surface area contributed by atoms with Crippen LogP contribution in [0.3, 0.4) is 0 Å². The lowest BCUT2D eigenvalue weighted by Crippen LogP contribution is -2.05. The molecule has 0 bridgehead atoms. The van der Waals surface area contributed by atoms with Gasteiger partial charge in [0.25, 0.3) is 0 Å². The second kappa shape index (κ2) is 4.59. The van der Waals surface area contributed by atoms with Crippen molar-refractivity contribution in [1.82, 2.24) is 0 Å². The van der Waals surface area contributed by atoms with Gasteiger partial charge in [0.05, 0.1) is 4.90 Å².